The van der Waals surface area contributed by atoms with E-state index in [4.69, 9.17) is 4.74 Å². The maximum Gasteiger partial charge on any atom is 0.324 e. The number of hydrogen-bond donors (Lipinski definition) is 1. The number of carbonyl (C=O) groups excluding carboxylic acids is 2. The van der Waals surface area contributed by atoms with Crippen LogP contribution >= 0.6 is 0 Å². The molecule has 3 amide bonds. The van der Waals surface area contributed by atoms with Crippen LogP contribution in [0.25, 0.3) is 0 Å². The van der Waals surface area contributed by atoms with Crippen molar-refractivity contribution in [3.63, 3.8) is 0 Å². The van der Waals surface area contributed by atoms with Crippen molar-refractivity contribution in [1.29, 1.82) is 0 Å². The maximum atomic E-state index is 14.6. The Bertz CT molecular complexity index is 905. The molecule has 0 radical (unpaired) electrons. The molecular weight excluding hydrogens is 418 g/mol. The SMILES string of the molecule is C=CCOc1c(F)ccc([C@H](C)CS(=O)(=O)CCCCCN2CC(=O)NC2=O)c1F. The highest BCUT2D eigenvalue weighted by Gasteiger charge is 2.26. The van der Waals surface area contributed by atoms with Crippen LogP contribution in [0.1, 0.15) is 37.7 Å². The normalized spacial score (nSPS) is 15.2. The van der Waals surface area contributed by atoms with E-state index in [1.165, 1.54) is 17.0 Å². The average Bonchev–Trinajstić information content (AvgIpc) is 2.98. The minimum Gasteiger partial charge on any atom is -0.483 e. The van der Waals surface area contributed by atoms with E-state index >= 15 is 0 Å². The second kappa shape index (κ2) is 10.5. The van der Waals surface area contributed by atoms with E-state index < -0.39 is 39.2 Å². The summed E-state index contributed by atoms with van der Waals surface area (Å²) in [6.07, 6.45) is 2.88. The number of ether oxygens (including phenoxy) is 1. The molecule has 10 heteroatoms. The molecule has 0 unspecified atom stereocenters. The van der Waals surface area contributed by atoms with Gasteiger partial charge in [-0.25, -0.2) is 22.0 Å². The van der Waals surface area contributed by atoms with Crippen molar-refractivity contribution in [2.45, 2.75) is 32.1 Å². The molecule has 0 aliphatic carbocycles. The summed E-state index contributed by atoms with van der Waals surface area (Å²) in [7, 11) is -3.47. The number of carbonyl (C=O) groups is 2. The number of amides is 3. The molecule has 1 aliphatic heterocycles. The predicted octanol–water partition coefficient (Wildman–Crippen LogP) is 2.77. The van der Waals surface area contributed by atoms with Crippen LogP contribution in [0.2, 0.25) is 0 Å². The monoisotopic (exact) mass is 444 g/mol. The Kier molecular flexibility index (Phi) is 8.33. The Labute approximate surface area is 175 Å². The van der Waals surface area contributed by atoms with E-state index in [9.17, 15) is 26.8 Å². The van der Waals surface area contributed by atoms with Gasteiger partial charge < -0.3 is 9.64 Å². The third kappa shape index (κ3) is 6.51. The van der Waals surface area contributed by atoms with E-state index in [0.717, 1.165) is 6.07 Å². The molecule has 0 bridgehead atoms. The van der Waals surface area contributed by atoms with Gasteiger partial charge in [0.25, 0.3) is 0 Å². The van der Waals surface area contributed by atoms with Crippen molar-refractivity contribution in [2.75, 3.05) is 31.2 Å². The number of benzene rings is 1. The first-order valence-electron chi connectivity index (χ1n) is 9.65. The zero-order chi connectivity index (χ0) is 22.3. The number of rotatable bonds is 12. The molecule has 1 atom stereocenters. The lowest BCUT2D eigenvalue weighted by Gasteiger charge is -2.16. The second-order valence-corrected chi connectivity index (χ2v) is 9.46. The van der Waals surface area contributed by atoms with E-state index in [-0.39, 0.29) is 36.1 Å². The summed E-state index contributed by atoms with van der Waals surface area (Å²) in [4.78, 5) is 23.9. The molecule has 0 spiro atoms. The zero-order valence-corrected chi connectivity index (χ0v) is 17.6. The number of sulfone groups is 1. The van der Waals surface area contributed by atoms with Gasteiger partial charge in [0.15, 0.2) is 27.2 Å². The summed E-state index contributed by atoms with van der Waals surface area (Å²) in [6.45, 7) is 5.32. The first kappa shape index (κ1) is 23.8. The molecule has 166 valence electrons. The van der Waals surface area contributed by atoms with Crippen LogP contribution in [0.15, 0.2) is 24.8 Å². The molecule has 7 nitrogen and oxygen atoms in total. The fourth-order valence-corrected chi connectivity index (χ4v) is 4.97. The summed E-state index contributed by atoms with van der Waals surface area (Å²) < 4.78 is 58.2. The molecule has 1 heterocycles. The van der Waals surface area contributed by atoms with Gasteiger partial charge >= 0.3 is 6.03 Å². The highest BCUT2D eigenvalue weighted by Crippen LogP contribution is 2.30. The first-order chi connectivity index (χ1) is 14.1. The number of nitrogens with one attached hydrogen (secondary N) is 1. The van der Waals surface area contributed by atoms with Gasteiger partial charge in [-0.3, -0.25) is 10.1 Å². The highest BCUT2D eigenvalue weighted by atomic mass is 32.2. The number of hydrogen-bond acceptors (Lipinski definition) is 5. The molecule has 30 heavy (non-hydrogen) atoms. The summed E-state index contributed by atoms with van der Waals surface area (Å²) in [5.41, 5.74) is 0.0729. The lowest BCUT2D eigenvalue weighted by Crippen LogP contribution is -2.29. The summed E-state index contributed by atoms with van der Waals surface area (Å²) >= 11 is 0. The summed E-state index contributed by atoms with van der Waals surface area (Å²) in [5, 5.41) is 2.18. The molecule has 1 saturated heterocycles. The number of halogens is 2. The standard InChI is InChI=1S/C20H26F2N2O5S/c1-3-10-29-19-16(21)8-7-15(18(19)22)14(2)13-30(27,28)11-6-4-5-9-24-12-17(25)23-20(24)26/h3,7-8,14H,1,4-6,9-13H2,2H3,(H,23,25,26)/t14-/m1/s1. The number of nitrogens with zero attached hydrogens (tertiary/aromatic N) is 1. The van der Waals surface area contributed by atoms with Crippen molar-refractivity contribution < 1.29 is 31.5 Å². The van der Waals surface area contributed by atoms with Crippen LogP contribution in [-0.2, 0) is 14.6 Å². The summed E-state index contributed by atoms with van der Waals surface area (Å²) in [5.74, 6) is -3.69. The number of unbranched alkanes of at least 4 members (excludes halogenated alkanes) is 2. The van der Waals surface area contributed by atoms with Gasteiger partial charge in [-0.1, -0.05) is 32.1 Å². The summed E-state index contributed by atoms with van der Waals surface area (Å²) in [6, 6.07) is 1.85. The van der Waals surface area contributed by atoms with Gasteiger partial charge in [-0.15, -0.1) is 0 Å². The molecule has 1 aliphatic rings. The maximum absolute atomic E-state index is 14.6. The van der Waals surface area contributed by atoms with E-state index in [1.54, 1.807) is 6.92 Å². The Balaban J connectivity index is 1.85. The Morgan fingerprint density at radius 2 is 2.00 bits per heavy atom. The zero-order valence-electron chi connectivity index (χ0n) is 16.8. The van der Waals surface area contributed by atoms with E-state index in [0.29, 0.717) is 25.8 Å². The minimum absolute atomic E-state index is 0.0242. The topological polar surface area (TPSA) is 92.8 Å². The van der Waals surface area contributed by atoms with Gasteiger partial charge in [0.05, 0.1) is 11.5 Å². The van der Waals surface area contributed by atoms with Crippen LogP contribution in [0.3, 0.4) is 0 Å². The average molecular weight is 445 g/mol. The molecule has 2 rings (SSSR count). The molecule has 0 aromatic heterocycles. The van der Waals surface area contributed by atoms with Crippen molar-refractivity contribution in [3.05, 3.63) is 42.0 Å². The second-order valence-electron chi connectivity index (χ2n) is 7.23. The van der Waals surface area contributed by atoms with Crippen molar-refractivity contribution in [1.82, 2.24) is 10.2 Å². The third-order valence-corrected chi connectivity index (χ3v) is 6.63. The van der Waals surface area contributed by atoms with Gasteiger partial charge in [0.1, 0.15) is 13.2 Å². The highest BCUT2D eigenvalue weighted by molar-refractivity contribution is 7.91. The van der Waals surface area contributed by atoms with Crippen LogP contribution < -0.4 is 10.1 Å². The lowest BCUT2D eigenvalue weighted by molar-refractivity contribution is -0.118. The fourth-order valence-electron chi connectivity index (χ4n) is 3.22. The number of imide groups is 1. The van der Waals surface area contributed by atoms with E-state index in [1.807, 2.05) is 0 Å². The van der Waals surface area contributed by atoms with E-state index in [2.05, 4.69) is 11.9 Å². The van der Waals surface area contributed by atoms with Crippen LogP contribution in [-0.4, -0.2) is 56.5 Å². The Hall–Kier alpha value is -2.49. The molecule has 1 aromatic carbocycles. The molecule has 0 saturated carbocycles. The van der Waals surface area contributed by atoms with Gasteiger partial charge in [0, 0.05) is 6.54 Å². The predicted molar refractivity (Wildman–Crippen MR) is 108 cm³/mol. The Morgan fingerprint density at radius 1 is 1.27 bits per heavy atom. The fraction of sp³-hybridized carbons (Fsp3) is 0.500. The van der Waals surface area contributed by atoms with Gasteiger partial charge in [0.2, 0.25) is 5.91 Å². The smallest absolute Gasteiger partial charge is 0.324 e. The minimum atomic E-state index is -3.47. The van der Waals surface area contributed by atoms with Crippen molar-refractivity contribution >= 4 is 21.8 Å². The first-order valence-corrected chi connectivity index (χ1v) is 11.5. The van der Waals surface area contributed by atoms with Crippen LogP contribution in [0, 0.1) is 11.6 Å². The quantitative estimate of drug-likeness (QED) is 0.304. The lowest BCUT2D eigenvalue weighted by atomic mass is 10.0. The molecular formula is C20H26F2N2O5S. The van der Waals surface area contributed by atoms with Crippen molar-refractivity contribution in [3.8, 4) is 5.75 Å². The molecule has 1 fully saturated rings. The van der Waals surface area contributed by atoms with Crippen molar-refractivity contribution in [2.24, 2.45) is 0 Å². The largest absolute Gasteiger partial charge is 0.483 e. The molecule has 1 aromatic rings. The molecule has 1 N–H and O–H groups in total. The number of urea groups is 1. The Morgan fingerprint density at radius 3 is 2.63 bits per heavy atom. The van der Waals surface area contributed by atoms with Crippen LogP contribution in [0.5, 0.6) is 5.75 Å². The third-order valence-electron chi connectivity index (χ3n) is 4.71. The van der Waals surface area contributed by atoms with Gasteiger partial charge in [-0.05, 0) is 30.4 Å². The van der Waals surface area contributed by atoms with Crippen LogP contribution in [0.4, 0.5) is 13.6 Å². The van der Waals surface area contributed by atoms with Gasteiger partial charge in [-0.2, -0.15) is 0 Å².